The number of benzene rings is 2. The van der Waals surface area contributed by atoms with Gasteiger partial charge in [0.25, 0.3) is 5.91 Å². The number of carbonyl (C=O) groups is 3. The van der Waals surface area contributed by atoms with Crippen molar-refractivity contribution in [3.63, 3.8) is 0 Å². The van der Waals surface area contributed by atoms with Gasteiger partial charge in [0.05, 0.1) is 7.11 Å². The number of carbonyl (C=O) groups excluding carboxylic acids is 3. The molecule has 2 aromatic carbocycles. The smallest absolute Gasteiger partial charge is 0.328 e. The summed E-state index contributed by atoms with van der Waals surface area (Å²) in [6.07, 6.45) is 2.17. The lowest BCUT2D eigenvalue weighted by atomic mass is 10.0. The Hall–Kier alpha value is -3.13. The monoisotopic (exact) mass is 471 g/mol. The van der Waals surface area contributed by atoms with Crippen molar-refractivity contribution in [3.8, 4) is 0 Å². The molecule has 0 aliphatic carbocycles. The Bertz CT molecular complexity index is 1050. The van der Waals surface area contributed by atoms with Crippen LogP contribution < -0.4 is 10.6 Å². The van der Waals surface area contributed by atoms with Crippen LogP contribution in [0.15, 0.2) is 59.2 Å². The van der Waals surface area contributed by atoms with Gasteiger partial charge in [-0.25, -0.2) is 4.79 Å². The number of nitrogens with one attached hydrogen (secondary N) is 3. The van der Waals surface area contributed by atoms with Crippen LogP contribution in [-0.2, 0) is 20.7 Å². The quantitative estimate of drug-likeness (QED) is 0.439. The summed E-state index contributed by atoms with van der Waals surface area (Å²) in [5.41, 5.74) is 2.37. The summed E-state index contributed by atoms with van der Waals surface area (Å²) in [4.78, 5) is 39.8. The van der Waals surface area contributed by atoms with Gasteiger partial charge >= 0.3 is 5.97 Å². The van der Waals surface area contributed by atoms with E-state index in [1.165, 1.54) is 7.11 Å². The molecule has 3 N–H and O–H groups in total. The van der Waals surface area contributed by atoms with Gasteiger partial charge in [0.1, 0.15) is 6.04 Å². The Kier molecular flexibility index (Phi) is 7.24. The standard InChI is InChI=1S/C22H22BrN3O4/c1-30-22(29)19(12-15-13-25-18-5-3-2-4-17(15)18)26-20(27)10-11-24-21(28)14-6-8-16(23)9-7-14/h2-9,13,19,25H,10-12H2,1H3,(H,24,28)(H,26,27). The summed E-state index contributed by atoms with van der Waals surface area (Å²) in [6.45, 7) is 0.154. The van der Waals surface area contributed by atoms with Crippen molar-refractivity contribution in [1.82, 2.24) is 15.6 Å². The molecule has 7 nitrogen and oxygen atoms in total. The highest BCUT2D eigenvalue weighted by Crippen LogP contribution is 2.19. The van der Waals surface area contributed by atoms with Crippen molar-refractivity contribution in [2.75, 3.05) is 13.7 Å². The average molecular weight is 472 g/mol. The Morgan fingerprint density at radius 1 is 1.10 bits per heavy atom. The molecule has 0 aliphatic rings. The van der Waals surface area contributed by atoms with Gasteiger partial charge in [-0.15, -0.1) is 0 Å². The normalized spacial score (nSPS) is 11.7. The zero-order valence-corrected chi connectivity index (χ0v) is 18.0. The highest BCUT2D eigenvalue weighted by Gasteiger charge is 2.23. The predicted molar refractivity (Wildman–Crippen MR) is 117 cm³/mol. The molecule has 1 atom stereocenters. The van der Waals surface area contributed by atoms with Crippen LogP contribution in [0, 0.1) is 0 Å². The van der Waals surface area contributed by atoms with Crippen molar-refractivity contribution in [2.45, 2.75) is 18.9 Å². The molecule has 0 bridgehead atoms. The number of para-hydroxylation sites is 1. The summed E-state index contributed by atoms with van der Waals surface area (Å²) in [5, 5.41) is 6.39. The van der Waals surface area contributed by atoms with E-state index in [1.807, 2.05) is 30.5 Å². The van der Waals surface area contributed by atoms with E-state index >= 15 is 0 Å². The molecule has 1 heterocycles. The molecule has 1 aromatic heterocycles. The van der Waals surface area contributed by atoms with Gasteiger partial charge in [-0.3, -0.25) is 9.59 Å². The van der Waals surface area contributed by atoms with Gasteiger partial charge in [0.2, 0.25) is 5.91 Å². The summed E-state index contributed by atoms with van der Waals surface area (Å²) >= 11 is 3.32. The first-order chi connectivity index (χ1) is 14.5. The summed E-state index contributed by atoms with van der Waals surface area (Å²) in [7, 11) is 1.29. The molecule has 3 aromatic rings. The van der Waals surface area contributed by atoms with Gasteiger partial charge in [0.15, 0.2) is 0 Å². The van der Waals surface area contributed by atoms with Crippen molar-refractivity contribution < 1.29 is 19.1 Å². The SMILES string of the molecule is COC(=O)C(Cc1c[nH]c2ccccc12)NC(=O)CCNC(=O)c1ccc(Br)cc1. The lowest BCUT2D eigenvalue weighted by molar-refractivity contribution is -0.145. The number of methoxy groups -OCH3 is 1. The number of hydrogen-bond donors (Lipinski definition) is 3. The largest absolute Gasteiger partial charge is 0.467 e. The molecule has 30 heavy (non-hydrogen) atoms. The molecule has 2 amide bonds. The first kappa shape index (κ1) is 21.6. The van der Waals surface area contributed by atoms with E-state index in [1.54, 1.807) is 24.3 Å². The molecule has 0 fully saturated rings. The van der Waals surface area contributed by atoms with Crippen LogP contribution in [0.5, 0.6) is 0 Å². The zero-order valence-electron chi connectivity index (χ0n) is 16.4. The highest BCUT2D eigenvalue weighted by atomic mass is 79.9. The van der Waals surface area contributed by atoms with Crippen molar-refractivity contribution >= 4 is 44.6 Å². The number of hydrogen-bond acceptors (Lipinski definition) is 4. The number of fused-ring (bicyclic) bond motifs is 1. The molecule has 0 radical (unpaired) electrons. The van der Waals surface area contributed by atoms with Crippen LogP contribution in [0.25, 0.3) is 10.9 Å². The van der Waals surface area contributed by atoms with E-state index in [-0.39, 0.29) is 24.8 Å². The van der Waals surface area contributed by atoms with Gasteiger partial charge in [0, 0.05) is 46.5 Å². The molecule has 0 saturated heterocycles. The fraction of sp³-hybridized carbons (Fsp3) is 0.227. The van der Waals surface area contributed by atoms with E-state index < -0.39 is 12.0 Å². The lowest BCUT2D eigenvalue weighted by Gasteiger charge is -2.16. The third kappa shape index (κ3) is 5.48. The molecule has 0 saturated carbocycles. The molecule has 0 spiro atoms. The fourth-order valence-electron chi connectivity index (χ4n) is 3.12. The van der Waals surface area contributed by atoms with Crippen LogP contribution in [0.3, 0.4) is 0 Å². The Morgan fingerprint density at radius 2 is 1.83 bits per heavy atom. The molecule has 0 aliphatic heterocycles. The number of H-pyrrole nitrogens is 1. The fourth-order valence-corrected chi connectivity index (χ4v) is 3.38. The number of ether oxygens (including phenoxy) is 1. The first-order valence-corrected chi connectivity index (χ1v) is 10.2. The highest BCUT2D eigenvalue weighted by molar-refractivity contribution is 9.10. The number of aromatic amines is 1. The van der Waals surface area contributed by atoms with E-state index in [0.29, 0.717) is 12.0 Å². The average Bonchev–Trinajstić information content (AvgIpc) is 3.16. The summed E-state index contributed by atoms with van der Waals surface area (Å²) in [5.74, 6) is -1.13. The Labute approximate surface area is 182 Å². The van der Waals surface area contributed by atoms with Crippen molar-refractivity contribution in [1.29, 1.82) is 0 Å². The minimum atomic E-state index is -0.816. The topological polar surface area (TPSA) is 100 Å². The number of esters is 1. The third-order valence-electron chi connectivity index (χ3n) is 4.66. The maximum absolute atomic E-state index is 12.3. The molecule has 8 heteroatoms. The van der Waals surface area contributed by atoms with Gasteiger partial charge in [-0.2, -0.15) is 0 Å². The molecule has 156 valence electrons. The number of rotatable bonds is 8. The van der Waals surface area contributed by atoms with Crippen LogP contribution >= 0.6 is 15.9 Å². The van der Waals surface area contributed by atoms with Gasteiger partial charge in [-0.1, -0.05) is 34.1 Å². The van der Waals surface area contributed by atoms with Gasteiger partial charge < -0.3 is 20.4 Å². The van der Waals surface area contributed by atoms with Crippen LogP contribution in [0.4, 0.5) is 0 Å². The maximum Gasteiger partial charge on any atom is 0.328 e. The number of halogens is 1. The van der Waals surface area contributed by atoms with E-state index in [2.05, 4.69) is 31.5 Å². The summed E-state index contributed by atoms with van der Waals surface area (Å²) in [6, 6.07) is 13.8. The summed E-state index contributed by atoms with van der Waals surface area (Å²) < 4.78 is 5.72. The lowest BCUT2D eigenvalue weighted by Crippen LogP contribution is -2.44. The zero-order chi connectivity index (χ0) is 21.5. The first-order valence-electron chi connectivity index (χ1n) is 9.44. The number of aromatic nitrogens is 1. The Balaban J connectivity index is 1.55. The van der Waals surface area contributed by atoms with Crippen LogP contribution in [-0.4, -0.2) is 42.5 Å². The van der Waals surface area contributed by atoms with Crippen molar-refractivity contribution in [2.24, 2.45) is 0 Å². The third-order valence-corrected chi connectivity index (χ3v) is 5.19. The predicted octanol–water partition coefficient (Wildman–Crippen LogP) is 2.95. The van der Waals surface area contributed by atoms with E-state index in [4.69, 9.17) is 4.74 Å². The maximum atomic E-state index is 12.3. The second kappa shape index (κ2) is 10.1. The van der Waals surface area contributed by atoms with E-state index in [9.17, 15) is 14.4 Å². The Morgan fingerprint density at radius 3 is 2.57 bits per heavy atom. The molecular formula is C22H22BrN3O4. The molecular weight excluding hydrogens is 450 g/mol. The second-order valence-corrected chi connectivity index (χ2v) is 7.64. The molecule has 1 unspecified atom stereocenters. The van der Waals surface area contributed by atoms with Gasteiger partial charge in [-0.05, 0) is 35.9 Å². The molecule has 3 rings (SSSR count). The van der Waals surface area contributed by atoms with Crippen LogP contribution in [0.1, 0.15) is 22.3 Å². The minimum absolute atomic E-state index is 0.0453. The number of amides is 2. The van der Waals surface area contributed by atoms with Crippen LogP contribution in [0.2, 0.25) is 0 Å². The van der Waals surface area contributed by atoms with Crippen molar-refractivity contribution in [3.05, 3.63) is 70.3 Å². The minimum Gasteiger partial charge on any atom is -0.467 e. The second-order valence-electron chi connectivity index (χ2n) is 6.72. The van der Waals surface area contributed by atoms with E-state index in [0.717, 1.165) is 20.9 Å².